The molecule has 9 heteroatoms. The van der Waals surface area contributed by atoms with Crippen LogP contribution < -0.4 is 9.47 Å². The highest BCUT2D eigenvalue weighted by Crippen LogP contribution is 2.29. The van der Waals surface area contributed by atoms with E-state index in [9.17, 15) is 14.4 Å². The van der Waals surface area contributed by atoms with Crippen molar-refractivity contribution in [2.24, 2.45) is 0 Å². The molecule has 1 fully saturated rings. The maximum absolute atomic E-state index is 13.5. The van der Waals surface area contributed by atoms with Crippen LogP contribution in [0.25, 0.3) is 0 Å². The highest BCUT2D eigenvalue weighted by Gasteiger charge is 2.21. The molecule has 0 unspecified atom stereocenters. The number of rotatable bonds is 12. The Morgan fingerprint density at radius 3 is 2.50 bits per heavy atom. The van der Waals surface area contributed by atoms with Gasteiger partial charge in [-0.1, -0.05) is 6.07 Å². The Morgan fingerprint density at radius 1 is 1.00 bits per heavy atom. The first-order valence-corrected chi connectivity index (χ1v) is 12.5. The van der Waals surface area contributed by atoms with Crippen LogP contribution in [0.5, 0.6) is 11.5 Å². The highest BCUT2D eigenvalue weighted by atomic mass is 16.5. The molecule has 0 atom stereocenters. The van der Waals surface area contributed by atoms with Crippen molar-refractivity contribution >= 4 is 17.8 Å². The molecule has 1 aromatic carbocycles. The van der Waals surface area contributed by atoms with Crippen LogP contribution in [0, 0.1) is 0 Å². The fraction of sp³-hybridized carbons (Fsp3) is 0.481. The lowest BCUT2D eigenvalue weighted by molar-refractivity contribution is -0.143. The first-order chi connectivity index (χ1) is 17.5. The monoisotopic (exact) mass is 497 g/mol. The fourth-order valence-electron chi connectivity index (χ4n) is 4.01. The van der Waals surface area contributed by atoms with Gasteiger partial charge >= 0.3 is 5.97 Å². The third-order valence-corrected chi connectivity index (χ3v) is 5.83. The SMILES string of the molecule is CCOC(=O)CCN(Cc1cccnc1)C(=O)c1ccc(OCC(=O)N2CCCCC2)c(OCC)c1. The van der Waals surface area contributed by atoms with Crippen LogP contribution in [0.1, 0.15) is 55.5 Å². The summed E-state index contributed by atoms with van der Waals surface area (Å²) in [4.78, 5) is 45.4. The topological polar surface area (TPSA) is 98.3 Å². The Kier molecular flexibility index (Phi) is 10.5. The molecule has 1 aromatic heterocycles. The van der Waals surface area contributed by atoms with Crippen molar-refractivity contribution in [2.45, 2.75) is 46.1 Å². The molecule has 0 aliphatic carbocycles. The number of carbonyl (C=O) groups excluding carboxylic acids is 3. The molecule has 2 amide bonds. The number of piperidine rings is 1. The van der Waals surface area contributed by atoms with Crippen LogP contribution >= 0.6 is 0 Å². The van der Waals surface area contributed by atoms with Gasteiger partial charge in [-0.2, -0.15) is 0 Å². The Bertz CT molecular complexity index is 1010. The molecule has 9 nitrogen and oxygen atoms in total. The molecular weight excluding hydrogens is 462 g/mol. The van der Waals surface area contributed by atoms with E-state index in [1.165, 1.54) is 0 Å². The van der Waals surface area contributed by atoms with E-state index in [4.69, 9.17) is 14.2 Å². The predicted octanol–water partition coefficient (Wildman–Crippen LogP) is 3.47. The number of likely N-dealkylation sites (tertiary alicyclic amines) is 1. The van der Waals surface area contributed by atoms with Gasteiger partial charge in [0.1, 0.15) is 0 Å². The number of esters is 1. The van der Waals surface area contributed by atoms with E-state index in [1.54, 1.807) is 48.5 Å². The summed E-state index contributed by atoms with van der Waals surface area (Å²) >= 11 is 0. The Morgan fingerprint density at radius 2 is 1.81 bits per heavy atom. The van der Waals surface area contributed by atoms with Gasteiger partial charge in [-0.25, -0.2) is 0 Å². The largest absolute Gasteiger partial charge is 0.490 e. The van der Waals surface area contributed by atoms with Gasteiger partial charge in [0.05, 0.1) is 19.6 Å². The Labute approximate surface area is 212 Å². The van der Waals surface area contributed by atoms with Gasteiger partial charge in [-0.3, -0.25) is 19.4 Å². The van der Waals surface area contributed by atoms with E-state index in [0.717, 1.165) is 37.9 Å². The summed E-state index contributed by atoms with van der Waals surface area (Å²) in [6.07, 6.45) is 6.60. The van der Waals surface area contributed by atoms with Gasteiger partial charge in [-0.15, -0.1) is 0 Å². The first kappa shape index (κ1) is 27.0. The van der Waals surface area contributed by atoms with Gasteiger partial charge < -0.3 is 24.0 Å². The van der Waals surface area contributed by atoms with E-state index >= 15 is 0 Å². The number of benzene rings is 1. The third kappa shape index (κ3) is 7.96. The van der Waals surface area contributed by atoms with Crippen molar-refractivity contribution in [2.75, 3.05) is 39.5 Å². The van der Waals surface area contributed by atoms with Crippen LogP contribution in [0.2, 0.25) is 0 Å². The van der Waals surface area contributed by atoms with Gasteiger partial charge in [0.2, 0.25) is 0 Å². The summed E-state index contributed by atoms with van der Waals surface area (Å²) in [7, 11) is 0. The van der Waals surface area contributed by atoms with E-state index in [1.807, 2.05) is 17.9 Å². The zero-order chi connectivity index (χ0) is 25.8. The molecule has 0 saturated carbocycles. The fourth-order valence-corrected chi connectivity index (χ4v) is 4.01. The second-order valence-corrected chi connectivity index (χ2v) is 8.47. The summed E-state index contributed by atoms with van der Waals surface area (Å²) in [6.45, 7) is 6.16. The zero-order valence-electron chi connectivity index (χ0n) is 21.1. The molecule has 0 spiro atoms. The minimum atomic E-state index is -0.362. The molecular formula is C27H35N3O6. The first-order valence-electron chi connectivity index (χ1n) is 12.5. The molecule has 1 aliphatic rings. The van der Waals surface area contributed by atoms with E-state index in [2.05, 4.69) is 4.98 Å². The lowest BCUT2D eigenvalue weighted by Crippen LogP contribution is -2.38. The van der Waals surface area contributed by atoms with Crippen molar-refractivity contribution in [3.8, 4) is 11.5 Å². The zero-order valence-corrected chi connectivity index (χ0v) is 21.1. The minimum Gasteiger partial charge on any atom is -0.490 e. The second-order valence-electron chi connectivity index (χ2n) is 8.47. The van der Waals surface area contributed by atoms with Crippen molar-refractivity contribution in [3.05, 3.63) is 53.9 Å². The van der Waals surface area contributed by atoms with Crippen LogP contribution in [0.15, 0.2) is 42.7 Å². The van der Waals surface area contributed by atoms with E-state index in [-0.39, 0.29) is 44.0 Å². The molecule has 1 aliphatic heterocycles. The number of ether oxygens (including phenoxy) is 3. The Balaban J connectivity index is 1.74. The number of nitrogens with zero attached hydrogens (tertiary/aromatic N) is 3. The highest BCUT2D eigenvalue weighted by molar-refractivity contribution is 5.95. The predicted molar refractivity (Wildman–Crippen MR) is 134 cm³/mol. The number of carbonyl (C=O) groups is 3. The number of pyridine rings is 1. The van der Waals surface area contributed by atoms with Gasteiger partial charge in [-0.05, 0) is 62.9 Å². The van der Waals surface area contributed by atoms with Crippen LogP contribution in [-0.4, -0.2) is 72.0 Å². The average Bonchev–Trinajstić information content (AvgIpc) is 2.91. The minimum absolute atomic E-state index is 0.0566. The van der Waals surface area contributed by atoms with Crippen LogP contribution in [-0.2, 0) is 20.9 Å². The quantitative estimate of drug-likeness (QED) is 0.414. The summed E-state index contributed by atoms with van der Waals surface area (Å²) in [5.74, 6) is 0.114. The molecule has 2 heterocycles. The van der Waals surface area contributed by atoms with Crippen molar-refractivity contribution in [1.29, 1.82) is 0 Å². The molecule has 194 valence electrons. The van der Waals surface area contributed by atoms with Crippen LogP contribution in [0.4, 0.5) is 0 Å². The number of amides is 2. The third-order valence-electron chi connectivity index (χ3n) is 5.83. The molecule has 1 saturated heterocycles. The molecule has 0 bridgehead atoms. The van der Waals surface area contributed by atoms with Gasteiger partial charge in [0, 0.05) is 44.1 Å². The maximum atomic E-state index is 13.5. The molecule has 3 rings (SSSR count). The lowest BCUT2D eigenvalue weighted by atomic mass is 10.1. The number of hydrogen-bond donors (Lipinski definition) is 0. The lowest BCUT2D eigenvalue weighted by Gasteiger charge is -2.26. The van der Waals surface area contributed by atoms with Crippen LogP contribution in [0.3, 0.4) is 0 Å². The normalized spacial score (nSPS) is 13.1. The molecule has 2 aromatic rings. The summed E-state index contributed by atoms with van der Waals surface area (Å²) < 4.78 is 16.5. The van der Waals surface area contributed by atoms with Gasteiger partial charge in [0.15, 0.2) is 18.1 Å². The van der Waals surface area contributed by atoms with E-state index < -0.39 is 0 Å². The van der Waals surface area contributed by atoms with Crippen molar-refractivity contribution in [3.63, 3.8) is 0 Å². The average molecular weight is 498 g/mol. The summed E-state index contributed by atoms with van der Waals surface area (Å²) in [6, 6.07) is 8.59. The maximum Gasteiger partial charge on any atom is 0.307 e. The van der Waals surface area contributed by atoms with Crippen molar-refractivity contribution in [1.82, 2.24) is 14.8 Å². The summed E-state index contributed by atoms with van der Waals surface area (Å²) in [5, 5.41) is 0. The number of hydrogen-bond acceptors (Lipinski definition) is 7. The van der Waals surface area contributed by atoms with Crippen molar-refractivity contribution < 1.29 is 28.6 Å². The molecule has 0 radical (unpaired) electrons. The smallest absolute Gasteiger partial charge is 0.307 e. The van der Waals surface area contributed by atoms with E-state index in [0.29, 0.717) is 30.2 Å². The standard InChI is InChI=1S/C27H35N3O6/c1-3-34-24-17-22(10-11-23(24)36-20-25(31)29-14-6-5-7-15-29)27(33)30(16-12-26(32)35-4-2)19-21-9-8-13-28-18-21/h8-11,13,17-18H,3-7,12,14-16,19-20H2,1-2H3. The Hall–Kier alpha value is -3.62. The van der Waals surface area contributed by atoms with Gasteiger partial charge in [0.25, 0.3) is 11.8 Å². The number of aromatic nitrogens is 1. The second kappa shape index (κ2) is 14.1. The summed E-state index contributed by atoms with van der Waals surface area (Å²) in [5.41, 5.74) is 1.23. The molecule has 0 N–H and O–H groups in total. The molecule has 36 heavy (non-hydrogen) atoms.